The van der Waals surface area contributed by atoms with Crippen LogP contribution in [0.5, 0.6) is 0 Å². The first-order valence-corrected chi connectivity index (χ1v) is 8.98. The summed E-state index contributed by atoms with van der Waals surface area (Å²) in [6.07, 6.45) is -2.62. The van der Waals surface area contributed by atoms with Gasteiger partial charge in [0.05, 0.1) is 19.7 Å². The van der Waals surface area contributed by atoms with Gasteiger partial charge in [-0.15, -0.1) is 40.8 Å². The topological polar surface area (TPSA) is 76.4 Å². The number of ether oxygens (including phenoxy) is 1. The predicted molar refractivity (Wildman–Crippen MR) is 119 cm³/mol. The van der Waals surface area contributed by atoms with E-state index >= 15 is 0 Å². The van der Waals surface area contributed by atoms with E-state index in [1.165, 1.54) is 0 Å². The van der Waals surface area contributed by atoms with Crippen molar-refractivity contribution >= 4 is 29.9 Å². The van der Waals surface area contributed by atoms with Crippen molar-refractivity contribution < 1.29 is 17.9 Å². The fraction of sp³-hybridized carbons (Fsp3) is 0.421. The molecule has 0 unspecified atom stereocenters. The molecule has 0 aliphatic rings. The van der Waals surface area contributed by atoms with E-state index in [2.05, 4.69) is 32.4 Å². The molecule has 0 aliphatic carbocycles. The molecule has 166 valence electrons. The van der Waals surface area contributed by atoms with Crippen molar-refractivity contribution in [3.05, 3.63) is 59.7 Å². The molecule has 1 aromatic heterocycles. The summed E-state index contributed by atoms with van der Waals surface area (Å²) in [6, 6.07) is 7.11. The average Bonchev–Trinajstić information content (AvgIpc) is 2.99. The van der Waals surface area contributed by atoms with Crippen molar-refractivity contribution in [2.45, 2.75) is 32.8 Å². The van der Waals surface area contributed by atoms with E-state index in [0.29, 0.717) is 31.2 Å². The molecule has 0 saturated carbocycles. The van der Waals surface area contributed by atoms with Gasteiger partial charge in [-0.25, -0.2) is 4.99 Å². The van der Waals surface area contributed by atoms with Crippen LogP contribution in [0.3, 0.4) is 0 Å². The molecule has 7 nitrogen and oxygen atoms in total. The number of nitrogens with one attached hydrogen (secondary N) is 2. The van der Waals surface area contributed by atoms with E-state index in [1.54, 1.807) is 24.3 Å². The molecular weight excluding hydrogens is 512 g/mol. The second-order valence-corrected chi connectivity index (χ2v) is 6.34. The second-order valence-electron chi connectivity index (χ2n) is 6.34. The third-order valence-corrected chi connectivity index (χ3v) is 3.96. The molecule has 2 aromatic rings. The molecule has 0 atom stereocenters. The third kappa shape index (κ3) is 9.11. The lowest BCUT2D eigenvalue weighted by Gasteiger charge is -2.12. The van der Waals surface area contributed by atoms with Crippen molar-refractivity contribution in [3.63, 3.8) is 0 Å². The van der Waals surface area contributed by atoms with Gasteiger partial charge in [0.1, 0.15) is 12.4 Å². The summed E-state index contributed by atoms with van der Waals surface area (Å²) >= 11 is 0. The van der Waals surface area contributed by atoms with E-state index < -0.39 is 12.8 Å². The van der Waals surface area contributed by atoms with Gasteiger partial charge in [0, 0.05) is 13.6 Å². The zero-order chi connectivity index (χ0) is 21.3. The Bertz CT molecular complexity index is 838. The lowest BCUT2D eigenvalue weighted by atomic mass is 10.1. The predicted octanol–water partition coefficient (Wildman–Crippen LogP) is 3.24. The normalized spacial score (nSPS) is 11.7. The van der Waals surface area contributed by atoms with E-state index in [4.69, 9.17) is 4.74 Å². The summed E-state index contributed by atoms with van der Waals surface area (Å²) in [4.78, 5) is 4.51. The Morgan fingerprint density at radius 3 is 2.63 bits per heavy atom. The molecule has 0 amide bonds. The number of halogens is 4. The highest BCUT2D eigenvalue weighted by Gasteiger charge is 2.27. The average molecular weight is 538 g/mol. The van der Waals surface area contributed by atoms with Gasteiger partial charge < -0.3 is 19.9 Å². The van der Waals surface area contributed by atoms with Crippen molar-refractivity contribution in [2.75, 3.05) is 13.2 Å². The van der Waals surface area contributed by atoms with Crippen LogP contribution in [-0.2, 0) is 31.5 Å². The molecule has 1 heterocycles. The van der Waals surface area contributed by atoms with E-state index in [9.17, 15) is 13.2 Å². The van der Waals surface area contributed by atoms with Crippen molar-refractivity contribution in [2.24, 2.45) is 12.0 Å². The first kappa shape index (κ1) is 25.9. The molecule has 1 aromatic carbocycles. The summed E-state index contributed by atoms with van der Waals surface area (Å²) < 4.78 is 43.2. The number of hydrogen-bond acceptors (Lipinski definition) is 4. The number of benzene rings is 1. The Labute approximate surface area is 190 Å². The number of aryl methyl sites for hydroxylation is 1. The summed E-state index contributed by atoms with van der Waals surface area (Å²) in [5.41, 5.74) is 1.51. The van der Waals surface area contributed by atoms with Crippen LogP contribution >= 0.6 is 24.0 Å². The standard InChI is InChI=1S/C19H25F3N6O.HI/c1-4-8-23-18(25-11-17-27-26-14(2)28(17)3)24-10-15-6-5-7-16(9-15)12-29-13-19(20,21)22;/h4-7,9H,1,8,10-13H2,2-3H3,(H2,23,24,25);1H. The van der Waals surface area contributed by atoms with Crippen LogP contribution in [-0.4, -0.2) is 40.1 Å². The van der Waals surface area contributed by atoms with Crippen molar-refractivity contribution in [1.29, 1.82) is 0 Å². The first-order valence-electron chi connectivity index (χ1n) is 8.98. The van der Waals surface area contributed by atoms with Crippen LogP contribution in [0, 0.1) is 6.92 Å². The number of guanidine groups is 1. The molecule has 2 rings (SSSR count). The van der Waals surface area contributed by atoms with Crippen LogP contribution in [0.2, 0.25) is 0 Å². The Morgan fingerprint density at radius 1 is 1.27 bits per heavy atom. The van der Waals surface area contributed by atoms with Gasteiger partial charge in [-0.3, -0.25) is 0 Å². The fourth-order valence-electron chi connectivity index (χ4n) is 2.38. The summed E-state index contributed by atoms with van der Waals surface area (Å²) in [5.74, 6) is 2.13. The van der Waals surface area contributed by atoms with Gasteiger partial charge in [0.15, 0.2) is 11.8 Å². The number of aromatic nitrogens is 3. The SMILES string of the molecule is C=CCNC(=NCc1cccc(COCC(F)(F)F)c1)NCc1nnc(C)n1C.I. The number of rotatable bonds is 9. The molecule has 0 aliphatic heterocycles. The first-order chi connectivity index (χ1) is 13.8. The maximum atomic E-state index is 12.2. The summed E-state index contributed by atoms with van der Waals surface area (Å²) in [7, 11) is 1.88. The second kappa shape index (κ2) is 12.5. The minimum atomic E-state index is -4.33. The Morgan fingerprint density at radius 2 is 2.00 bits per heavy atom. The molecule has 2 N–H and O–H groups in total. The fourth-order valence-corrected chi connectivity index (χ4v) is 2.38. The Hall–Kier alpha value is -2.15. The Balaban J connectivity index is 0.00000450. The molecule has 0 fully saturated rings. The van der Waals surface area contributed by atoms with Gasteiger partial charge in [0.2, 0.25) is 0 Å². The molecule has 0 spiro atoms. The molecular formula is C19H26F3IN6O. The van der Waals surface area contributed by atoms with Gasteiger partial charge in [-0.1, -0.05) is 30.3 Å². The van der Waals surface area contributed by atoms with Gasteiger partial charge in [0.25, 0.3) is 0 Å². The zero-order valence-electron chi connectivity index (χ0n) is 16.9. The molecule has 30 heavy (non-hydrogen) atoms. The van der Waals surface area contributed by atoms with Gasteiger partial charge in [-0.05, 0) is 18.1 Å². The molecule has 0 bridgehead atoms. The van der Waals surface area contributed by atoms with E-state index in [1.807, 2.05) is 24.6 Å². The number of aliphatic imine (C=N–C) groups is 1. The minimum Gasteiger partial charge on any atom is -0.367 e. The lowest BCUT2D eigenvalue weighted by Crippen LogP contribution is -2.37. The van der Waals surface area contributed by atoms with E-state index in [0.717, 1.165) is 17.2 Å². The molecule has 11 heteroatoms. The van der Waals surface area contributed by atoms with Crippen molar-refractivity contribution in [3.8, 4) is 0 Å². The van der Waals surface area contributed by atoms with Crippen molar-refractivity contribution in [1.82, 2.24) is 25.4 Å². The van der Waals surface area contributed by atoms with Crippen LogP contribution in [0.1, 0.15) is 22.8 Å². The summed E-state index contributed by atoms with van der Waals surface area (Å²) in [5, 5.41) is 14.4. The highest BCUT2D eigenvalue weighted by Crippen LogP contribution is 2.16. The van der Waals surface area contributed by atoms with Gasteiger partial charge >= 0.3 is 6.18 Å². The largest absolute Gasteiger partial charge is 0.411 e. The number of nitrogens with zero attached hydrogens (tertiary/aromatic N) is 4. The smallest absolute Gasteiger partial charge is 0.367 e. The quantitative estimate of drug-likeness (QED) is 0.222. The highest BCUT2D eigenvalue weighted by molar-refractivity contribution is 14.0. The molecule has 0 saturated heterocycles. The van der Waals surface area contributed by atoms with Gasteiger partial charge in [-0.2, -0.15) is 13.2 Å². The third-order valence-electron chi connectivity index (χ3n) is 3.96. The maximum Gasteiger partial charge on any atom is 0.411 e. The van der Waals surface area contributed by atoms with E-state index in [-0.39, 0.29) is 30.6 Å². The number of alkyl halides is 3. The van der Waals surface area contributed by atoms with Crippen LogP contribution in [0.4, 0.5) is 13.2 Å². The molecule has 0 radical (unpaired) electrons. The lowest BCUT2D eigenvalue weighted by molar-refractivity contribution is -0.176. The monoisotopic (exact) mass is 538 g/mol. The van der Waals surface area contributed by atoms with Crippen LogP contribution < -0.4 is 10.6 Å². The van der Waals surface area contributed by atoms with Crippen LogP contribution in [0.15, 0.2) is 41.9 Å². The maximum absolute atomic E-state index is 12.2. The zero-order valence-corrected chi connectivity index (χ0v) is 19.2. The summed E-state index contributed by atoms with van der Waals surface area (Å²) in [6.45, 7) is 5.47. The Kier molecular flexibility index (Phi) is 10.8. The minimum absolute atomic E-state index is 0. The van der Waals surface area contributed by atoms with Crippen LogP contribution in [0.25, 0.3) is 0 Å². The highest BCUT2D eigenvalue weighted by atomic mass is 127. The number of hydrogen-bond donors (Lipinski definition) is 2.